The zero-order valence-electron chi connectivity index (χ0n) is 13.9. The van der Waals surface area contributed by atoms with Crippen LogP contribution in [0.2, 0.25) is 0 Å². The topological polar surface area (TPSA) is 57.3 Å². The summed E-state index contributed by atoms with van der Waals surface area (Å²) in [4.78, 5) is 18.4. The highest BCUT2D eigenvalue weighted by molar-refractivity contribution is 5.92. The van der Waals surface area contributed by atoms with E-state index in [0.717, 1.165) is 24.3 Å². The first kappa shape index (κ1) is 16.5. The Morgan fingerprint density at radius 1 is 1.00 bits per heavy atom. The van der Waals surface area contributed by atoms with Crippen LogP contribution in [0.15, 0.2) is 48.8 Å². The van der Waals surface area contributed by atoms with Crippen molar-refractivity contribution in [3.05, 3.63) is 54.4 Å². The Hall–Kier alpha value is -2.40. The number of anilines is 2. The number of aromatic nitrogens is 1. The van der Waals surface area contributed by atoms with Crippen LogP contribution >= 0.6 is 0 Å². The van der Waals surface area contributed by atoms with Crippen molar-refractivity contribution >= 4 is 17.3 Å². The molecule has 0 atom stereocenters. The lowest BCUT2D eigenvalue weighted by Crippen LogP contribution is -2.29. The summed E-state index contributed by atoms with van der Waals surface area (Å²) in [5, 5.41) is 6.06. The molecule has 5 heteroatoms. The standard InChI is InChI=1S/C19H24N4O/c24-19(15-21-14-16-8-10-20-11-9-16)22-17-4-6-18(7-5-17)23-12-2-1-3-13-23/h4-11,21H,1-3,12-15H2,(H,22,24). The van der Waals surface area contributed by atoms with Gasteiger partial charge in [0.25, 0.3) is 0 Å². The number of rotatable bonds is 6. The first-order chi connectivity index (χ1) is 11.8. The molecular formula is C19H24N4O. The molecule has 1 aliphatic heterocycles. The quantitative estimate of drug-likeness (QED) is 0.858. The molecule has 0 unspecified atom stereocenters. The van der Waals surface area contributed by atoms with Gasteiger partial charge in [0.15, 0.2) is 0 Å². The summed E-state index contributed by atoms with van der Waals surface area (Å²) in [6.07, 6.45) is 7.36. The zero-order valence-corrected chi connectivity index (χ0v) is 13.9. The summed E-state index contributed by atoms with van der Waals surface area (Å²) in [6.45, 7) is 3.20. The van der Waals surface area contributed by atoms with Crippen molar-refractivity contribution in [2.45, 2.75) is 25.8 Å². The third-order valence-electron chi connectivity index (χ3n) is 4.24. The lowest BCUT2D eigenvalue weighted by Gasteiger charge is -2.28. The molecule has 0 aliphatic carbocycles. The SMILES string of the molecule is O=C(CNCc1ccncc1)Nc1ccc(N2CCCCC2)cc1. The van der Waals surface area contributed by atoms with Crippen LogP contribution in [0.25, 0.3) is 0 Å². The van der Waals surface area contributed by atoms with E-state index in [9.17, 15) is 4.79 Å². The van der Waals surface area contributed by atoms with Gasteiger partial charge in [-0.15, -0.1) is 0 Å². The molecule has 0 radical (unpaired) electrons. The molecule has 1 amide bonds. The number of pyridine rings is 1. The molecular weight excluding hydrogens is 300 g/mol. The largest absolute Gasteiger partial charge is 0.372 e. The smallest absolute Gasteiger partial charge is 0.238 e. The van der Waals surface area contributed by atoms with Gasteiger partial charge in [-0.2, -0.15) is 0 Å². The van der Waals surface area contributed by atoms with Crippen molar-refractivity contribution < 1.29 is 4.79 Å². The van der Waals surface area contributed by atoms with E-state index in [4.69, 9.17) is 0 Å². The zero-order chi connectivity index (χ0) is 16.6. The lowest BCUT2D eigenvalue weighted by atomic mass is 10.1. The molecule has 3 rings (SSSR count). The molecule has 1 saturated heterocycles. The minimum absolute atomic E-state index is 0.0326. The predicted octanol–water partition coefficient (Wildman–Crippen LogP) is 2.80. The molecule has 0 bridgehead atoms. The van der Waals surface area contributed by atoms with Gasteiger partial charge in [-0.3, -0.25) is 9.78 Å². The summed E-state index contributed by atoms with van der Waals surface area (Å²) >= 11 is 0. The van der Waals surface area contributed by atoms with Gasteiger partial charge in [0.1, 0.15) is 0 Å². The Bertz CT molecular complexity index is 636. The van der Waals surface area contributed by atoms with Crippen molar-refractivity contribution in [1.29, 1.82) is 0 Å². The number of nitrogens with zero attached hydrogens (tertiary/aromatic N) is 2. The monoisotopic (exact) mass is 324 g/mol. The second-order valence-electron chi connectivity index (χ2n) is 6.10. The molecule has 2 N–H and O–H groups in total. The Kier molecular flexibility index (Phi) is 5.80. The normalized spacial score (nSPS) is 14.4. The minimum Gasteiger partial charge on any atom is -0.372 e. The number of hydrogen-bond acceptors (Lipinski definition) is 4. The molecule has 2 aromatic rings. The van der Waals surface area contributed by atoms with Gasteiger partial charge in [-0.25, -0.2) is 0 Å². The molecule has 0 saturated carbocycles. The lowest BCUT2D eigenvalue weighted by molar-refractivity contribution is -0.115. The number of carbonyl (C=O) groups excluding carboxylic acids is 1. The van der Waals surface area contributed by atoms with E-state index in [1.165, 1.54) is 24.9 Å². The number of piperidine rings is 1. The highest BCUT2D eigenvalue weighted by Crippen LogP contribution is 2.21. The van der Waals surface area contributed by atoms with Gasteiger partial charge in [0.05, 0.1) is 6.54 Å². The van der Waals surface area contributed by atoms with Crippen LogP contribution in [0.4, 0.5) is 11.4 Å². The van der Waals surface area contributed by atoms with Crippen molar-refractivity contribution in [3.63, 3.8) is 0 Å². The van der Waals surface area contributed by atoms with Crippen LogP contribution < -0.4 is 15.5 Å². The van der Waals surface area contributed by atoms with Gasteiger partial charge in [0.2, 0.25) is 5.91 Å². The number of nitrogens with one attached hydrogen (secondary N) is 2. The third-order valence-corrected chi connectivity index (χ3v) is 4.24. The van der Waals surface area contributed by atoms with E-state index in [1.807, 2.05) is 24.3 Å². The maximum absolute atomic E-state index is 12.0. The summed E-state index contributed by atoms with van der Waals surface area (Å²) < 4.78 is 0. The second kappa shape index (κ2) is 8.45. The number of amides is 1. The van der Waals surface area contributed by atoms with Crippen molar-refractivity contribution in [2.75, 3.05) is 29.9 Å². The van der Waals surface area contributed by atoms with Gasteiger partial charge in [-0.05, 0) is 61.2 Å². The van der Waals surface area contributed by atoms with Crippen molar-refractivity contribution in [2.24, 2.45) is 0 Å². The minimum atomic E-state index is -0.0326. The van der Waals surface area contributed by atoms with Crippen molar-refractivity contribution in [3.8, 4) is 0 Å². The molecule has 1 aliphatic rings. The van der Waals surface area contributed by atoms with Gasteiger partial charge >= 0.3 is 0 Å². The van der Waals surface area contributed by atoms with E-state index < -0.39 is 0 Å². The number of carbonyl (C=O) groups is 1. The number of benzene rings is 1. The maximum atomic E-state index is 12.0. The maximum Gasteiger partial charge on any atom is 0.238 e. The van der Waals surface area contributed by atoms with E-state index in [-0.39, 0.29) is 12.5 Å². The van der Waals surface area contributed by atoms with Gasteiger partial charge in [0, 0.05) is 43.4 Å². The fourth-order valence-electron chi connectivity index (χ4n) is 2.93. The van der Waals surface area contributed by atoms with Crippen molar-refractivity contribution in [1.82, 2.24) is 10.3 Å². The molecule has 2 heterocycles. The highest BCUT2D eigenvalue weighted by Gasteiger charge is 2.10. The Morgan fingerprint density at radius 3 is 2.42 bits per heavy atom. The van der Waals surface area contributed by atoms with E-state index >= 15 is 0 Å². The first-order valence-corrected chi connectivity index (χ1v) is 8.56. The van der Waals surface area contributed by atoms with Gasteiger partial charge < -0.3 is 15.5 Å². The van der Waals surface area contributed by atoms with E-state index in [1.54, 1.807) is 12.4 Å². The molecule has 126 valence electrons. The van der Waals surface area contributed by atoms with E-state index in [2.05, 4.69) is 32.7 Å². The van der Waals surface area contributed by atoms with Crippen LogP contribution in [0.5, 0.6) is 0 Å². The average Bonchev–Trinajstić information content (AvgIpc) is 2.64. The Morgan fingerprint density at radius 2 is 1.71 bits per heavy atom. The highest BCUT2D eigenvalue weighted by atomic mass is 16.1. The molecule has 1 fully saturated rings. The van der Waals surface area contributed by atoms with Crippen LogP contribution in [0, 0.1) is 0 Å². The van der Waals surface area contributed by atoms with Gasteiger partial charge in [-0.1, -0.05) is 0 Å². The van der Waals surface area contributed by atoms with Crippen LogP contribution in [0.1, 0.15) is 24.8 Å². The first-order valence-electron chi connectivity index (χ1n) is 8.56. The van der Waals surface area contributed by atoms with E-state index in [0.29, 0.717) is 6.54 Å². The average molecular weight is 324 g/mol. The fraction of sp³-hybridized carbons (Fsp3) is 0.368. The molecule has 0 spiro atoms. The number of hydrogen-bond donors (Lipinski definition) is 2. The Labute approximate surface area is 143 Å². The summed E-state index contributed by atoms with van der Waals surface area (Å²) in [6, 6.07) is 12.0. The summed E-state index contributed by atoms with van der Waals surface area (Å²) in [7, 11) is 0. The second-order valence-corrected chi connectivity index (χ2v) is 6.10. The molecule has 1 aromatic carbocycles. The van der Waals surface area contributed by atoms with Crippen LogP contribution in [0.3, 0.4) is 0 Å². The summed E-state index contributed by atoms with van der Waals surface area (Å²) in [5.41, 5.74) is 3.19. The Balaban J connectivity index is 1.44. The fourth-order valence-corrected chi connectivity index (χ4v) is 2.93. The molecule has 24 heavy (non-hydrogen) atoms. The third kappa shape index (κ3) is 4.80. The summed E-state index contributed by atoms with van der Waals surface area (Å²) in [5.74, 6) is -0.0326. The van der Waals surface area contributed by atoms with Crippen LogP contribution in [-0.4, -0.2) is 30.5 Å². The van der Waals surface area contributed by atoms with Crippen LogP contribution in [-0.2, 0) is 11.3 Å². The molecule has 5 nitrogen and oxygen atoms in total. The predicted molar refractivity (Wildman–Crippen MR) is 97.1 cm³/mol. The molecule has 1 aromatic heterocycles.